The molecule has 0 aliphatic carbocycles. The number of aromatic nitrogens is 6. The Kier molecular flexibility index (Phi) is 4.42. The molecule has 0 atom stereocenters. The Morgan fingerprint density at radius 1 is 1.35 bits per heavy atom. The Labute approximate surface area is 136 Å². The van der Waals surface area contributed by atoms with E-state index in [1.807, 2.05) is 0 Å². The maximum Gasteiger partial charge on any atom is 0.227 e. The summed E-state index contributed by atoms with van der Waals surface area (Å²) in [5.74, 6) is 0.198. The number of carbonyl (C=O) groups excluding carboxylic acids is 1. The van der Waals surface area contributed by atoms with Gasteiger partial charge in [-0.3, -0.25) is 4.79 Å². The van der Waals surface area contributed by atoms with Crippen molar-refractivity contribution in [1.29, 1.82) is 0 Å². The zero-order valence-corrected chi connectivity index (χ0v) is 13.4. The van der Waals surface area contributed by atoms with Gasteiger partial charge < -0.3 is 15.6 Å². The number of anilines is 2. The molecule has 0 aliphatic rings. The molecule has 0 aromatic carbocycles. The number of rotatable bonds is 6. The SMILES string of the molecule is CCCc1nnc(NC(=O)CCn2cnc3c(N)ncnc32)s1. The van der Waals surface area contributed by atoms with Crippen LogP contribution in [0.5, 0.6) is 0 Å². The number of imidazole rings is 1. The summed E-state index contributed by atoms with van der Waals surface area (Å²) in [6, 6.07) is 0. The lowest BCUT2D eigenvalue weighted by Crippen LogP contribution is -2.14. The molecule has 0 saturated heterocycles. The van der Waals surface area contributed by atoms with Crippen molar-refractivity contribution in [2.75, 3.05) is 11.1 Å². The van der Waals surface area contributed by atoms with Crippen LogP contribution in [0.25, 0.3) is 11.2 Å². The van der Waals surface area contributed by atoms with E-state index in [2.05, 4.69) is 37.4 Å². The Bertz CT molecular complexity index is 826. The highest BCUT2D eigenvalue weighted by Crippen LogP contribution is 2.17. The van der Waals surface area contributed by atoms with E-state index in [-0.39, 0.29) is 12.3 Å². The van der Waals surface area contributed by atoms with Crippen molar-refractivity contribution in [1.82, 2.24) is 29.7 Å². The number of nitrogen functional groups attached to an aromatic ring is 1. The molecular formula is C13H16N8OS. The van der Waals surface area contributed by atoms with Gasteiger partial charge in [0.15, 0.2) is 11.5 Å². The Morgan fingerprint density at radius 2 is 2.22 bits per heavy atom. The number of nitrogens with one attached hydrogen (secondary N) is 1. The topological polar surface area (TPSA) is 124 Å². The predicted octanol–water partition coefficient (Wildman–Crippen LogP) is 1.24. The molecule has 3 aromatic heterocycles. The van der Waals surface area contributed by atoms with Crippen molar-refractivity contribution in [3.63, 3.8) is 0 Å². The summed E-state index contributed by atoms with van der Waals surface area (Å²) in [6.07, 6.45) is 5.13. The molecule has 10 heteroatoms. The lowest BCUT2D eigenvalue weighted by atomic mass is 10.4. The first kappa shape index (κ1) is 15.3. The highest BCUT2D eigenvalue weighted by molar-refractivity contribution is 7.15. The summed E-state index contributed by atoms with van der Waals surface area (Å²) in [4.78, 5) is 24.2. The Hall–Kier alpha value is -2.62. The van der Waals surface area contributed by atoms with Crippen molar-refractivity contribution in [3.05, 3.63) is 17.7 Å². The highest BCUT2D eigenvalue weighted by Gasteiger charge is 2.11. The van der Waals surface area contributed by atoms with Gasteiger partial charge in [0.1, 0.15) is 16.9 Å². The molecule has 0 bridgehead atoms. The van der Waals surface area contributed by atoms with Crippen LogP contribution in [0, 0.1) is 0 Å². The van der Waals surface area contributed by atoms with Crippen molar-refractivity contribution in [3.8, 4) is 0 Å². The second-order valence-electron chi connectivity index (χ2n) is 4.92. The van der Waals surface area contributed by atoms with Gasteiger partial charge in [-0.15, -0.1) is 10.2 Å². The normalized spacial score (nSPS) is 11.0. The zero-order valence-electron chi connectivity index (χ0n) is 12.6. The average molecular weight is 332 g/mol. The molecule has 23 heavy (non-hydrogen) atoms. The monoisotopic (exact) mass is 332 g/mol. The van der Waals surface area contributed by atoms with Crippen LogP contribution in [0.4, 0.5) is 10.9 Å². The molecule has 9 nitrogen and oxygen atoms in total. The molecular weight excluding hydrogens is 316 g/mol. The maximum absolute atomic E-state index is 12.0. The number of carbonyl (C=O) groups is 1. The fourth-order valence-electron chi connectivity index (χ4n) is 2.09. The van der Waals surface area contributed by atoms with Gasteiger partial charge in [-0.2, -0.15) is 0 Å². The van der Waals surface area contributed by atoms with Crippen LogP contribution in [-0.4, -0.2) is 35.6 Å². The van der Waals surface area contributed by atoms with E-state index in [1.54, 1.807) is 10.9 Å². The van der Waals surface area contributed by atoms with E-state index in [9.17, 15) is 4.79 Å². The molecule has 3 heterocycles. The van der Waals surface area contributed by atoms with Gasteiger partial charge in [0.2, 0.25) is 11.0 Å². The summed E-state index contributed by atoms with van der Waals surface area (Å²) in [5, 5.41) is 12.2. The second-order valence-corrected chi connectivity index (χ2v) is 5.98. The summed E-state index contributed by atoms with van der Waals surface area (Å²) in [6.45, 7) is 2.52. The van der Waals surface area contributed by atoms with Crippen LogP contribution in [0.1, 0.15) is 24.8 Å². The molecule has 0 aliphatic heterocycles. The van der Waals surface area contributed by atoms with Gasteiger partial charge in [0, 0.05) is 19.4 Å². The largest absolute Gasteiger partial charge is 0.382 e. The summed E-state index contributed by atoms with van der Waals surface area (Å²) < 4.78 is 1.77. The molecule has 3 rings (SSSR count). The lowest BCUT2D eigenvalue weighted by molar-refractivity contribution is -0.116. The molecule has 0 spiro atoms. The number of hydrogen-bond acceptors (Lipinski definition) is 8. The summed E-state index contributed by atoms with van der Waals surface area (Å²) in [7, 11) is 0. The van der Waals surface area contributed by atoms with Gasteiger partial charge in [0.25, 0.3) is 0 Å². The molecule has 3 N–H and O–H groups in total. The molecule has 120 valence electrons. The van der Waals surface area contributed by atoms with E-state index < -0.39 is 0 Å². The number of amides is 1. The summed E-state index contributed by atoms with van der Waals surface area (Å²) in [5.41, 5.74) is 6.89. The first-order valence-electron chi connectivity index (χ1n) is 7.21. The third-order valence-electron chi connectivity index (χ3n) is 3.19. The molecule has 3 aromatic rings. The minimum Gasteiger partial charge on any atom is -0.382 e. The zero-order chi connectivity index (χ0) is 16.2. The predicted molar refractivity (Wildman–Crippen MR) is 86.9 cm³/mol. The van der Waals surface area contributed by atoms with Crippen LogP contribution in [-0.2, 0) is 17.8 Å². The molecule has 0 saturated carbocycles. The van der Waals surface area contributed by atoms with Gasteiger partial charge in [-0.05, 0) is 6.42 Å². The van der Waals surface area contributed by atoms with E-state index >= 15 is 0 Å². The Morgan fingerprint density at radius 3 is 3.04 bits per heavy atom. The van der Waals surface area contributed by atoms with Gasteiger partial charge >= 0.3 is 0 Å². The first-order chi connectivity index (χ1) is 11.2. The van der Waals surface area contributed by atoms with Gasteiger partial charge in [-0.1, -0.05) is 18.3 Å². The molecule has 0 fully saturated rings. The molecule has 1 amide bonds. The number of hydrogen-bond donors (Lipinski definition) is 2. The fourth-order valence-corrected chi connectivity index (χ4v) is 2.94. The van der Waals surface area contributed by atoms with E-state index in [0.717, 1.165) is 17.8 Å². The molecule has 0 unspecified atom stereocenters. The van der Waals surface area contributed by atoms with Crippen molar-refractivity contribution < 1.29 is 4.79 Å². The maximum atomic E-state index is 12.0. The quantitative estimate of drug-likeness (QED) is 0.695. The van der Waals surface area contributed by atoms with Crippen molar-refractivity contribution in [2.45, 2.75) is 32.7 Å². The van der Waals surface area contributed by atoms with Crippen LogP contribution in [0.2, 0.25) is 0 Å². The minimum atomic E-state index is -0.131. The van der Waals surface area contributed by atoms with Gasteiger partial charge in [0.05, 0.1) is 6.33 Å². The van der Waals surface area contributed by atoms with Crippen LogP contribution < -0.4 is 11.1 Å². The number of nitrogens with zero attached hydrogens (tertiary/aromatic N) is 6. The van der Waals surface area contributed by atoms with Crippen molar-refractivity contribution >= 4 is 39.4 Å². The third kappa shape index (κ3) is 3.42. The van der Waals surface area contributed by atoms with Crippen LogP contribution in [0.3, 0.4) is 0 Å². The first-order valence-corrected chi connectivity index (χ1v) is 8.02. The fraction of sp³-hybridized carbons (Fsp3) is 0.385. The number of nitrogens with two attached hydrogens (primary N) is 1. The molecule has 0 radical (unpaired) electrons. The minimum absolute atomic E-state index is 0.131. The highest BCUT2D eigenvalue weighted by atomic mass is 32.1. The second kappa shape index (κ2) is 6.65. The standard InChI is InChI=1S/C13H16N8OS/c1-2-3-9-19-20-13(23-9)18-8(22)4-5-21-7-17-10-11(14)15-6-16-12(10)21/h6-7H,2-5H2,1H3,(H2,14,15,16)(H,18,20,22). The number of fused-ring (bicyclic) bond motifs is 1. The van der Waals surface area contributed by atoms with E-state index in [1.165, 1.54) is 17.7 Å². The van der Waals surface area contributed by atoms with Gasteiger partial charge in [-0.25, -0.2) is 15.0 Å². The lowest BCUT2D eigenvalue weighted by Gasteiger charge is -2.03. The van der Waals surface area contributed by atoms with Crippen LogP contribution in [0.15, 0.2) is 12.7 Å². The van der Waals surface area contributed by atoms with E-state index in [4.69, 9.17) is 5.73 Å². The third-order valence-corrected chi connectivity index (χ3v) is 4.08. The number of aryl methyl sites for hydroxylation is 2. The summed E-state index contributed by atoms with van der Waals surface area (Å²) >= 11 is 1.40. The average Bonchev–Trinajstić information content (AvgIpc) is 3.13. The van der Waals surface area contributed by atoms with Crippen LogP contribution >= 0.6 is 11.3 Å². The Balaban J connectivity index is 1.60. The van der Waals surface area contributed by atoms with Crippen molar-refractivity contribution in [2.24, 2.45) is 0 Å². The van der Waals surface area contributed by atoms with E-state index in [0.29, 0.717) is 28.7 Å². The smallest absolute Gasteiger partial charge is 0.227 e.